The highest BCUT2D eigenvalue weighted by Gasteiger charge is 2.48. The van der Waals surface area contributed by atoms with E-state index in [1.807, 2.05) is 30.3 Å². The lowest BCUT2D eigenvalue weighted by atomic mass is 9.93. The third-order valence-corrected chi connectivity index (χ3v) is 6.53. The minimum Gasteiger partial charge on any atom is -0.322 e. The molecule has 1 fully saturated rings. The molecule has 3 aromatic rings. The summed E-state index contributed by atoms with van der Waals surface area (Å²) >= 11 is 1.10. The number of urea groups is 1. The number of carbonyl (C=O) groups excluding carboxylic acids is 3. The largest absolute Gasteiger partial charge is 0.344 e. The van der Waals surface area contributed by atoms with E-state index >= 15 is 0 Å². The zero-order valence-electron chi connectivity index (χ0n) is 17.5. The molecule has 0 bridgehead atoms. The Morgan fingerprint density at radius 1 is 1.16 bits per heavy atom. The van der Waals surface area contributed by atoms with Crippen LogP contribution < -0.4 is 10.7 Å². The highest BCUT2D eigenvalue weighted by Crippen LogP contribution is 2.29. The highest BCUT2D eigenvalue weighted by atomic mass is 32.1. The summed E-state index contributed by atoms with van der Waals surface area (Å²) in [5.74, 6) is -1.49. The van der Waals surface area contributed by atoms with E-state index in [1.54, 1.807) is 26.0 Å². The Hall–Kier alpha value is -3.59. The number of halogens is 1. The number of thiazole rings is 1. The number of benzene rings is 2. The van der Waals surface area contributed by atoms with Gasteiger partial charge >= 0.3 is 6.03 Å². The maximum absolute atomic E-state index is 13.2. The van der Waals surface area contributed by atoms with Gasteiger partial charge in [0, 0.05) is 5.56 Å². The van der Waals surface area contributed by atoms with Gasteiger partial charge in [0.15, 0.2) is 0 Å². The molecular weight excluding hydrogens is 431 g/mol. The zero-order chi connectivity index (χ0) is 22.9. The number of carbonyl (C=O) groups is 3. The van der Waals surface area contributed by atoms with Crippen LogP contribution in [0.3, 0.4) is 0 Å². The van der Waals surface area contributed by atoms with Crippen molar-refractivity contribution in [2.24, 2.45) is 0 Å². The van der Waals surface area contributed by atoms with Crippen LogP contribution in [0.4, 0.5) is 9.18 Å². The summed E-state index contributed by atoms with van der Waals surface area (Å²) in [6.45, 7) is 3.31. The normalized spacial score (nSPS) is 18.0. The molecule has 1 aromatic heterocycles. The Labute approximate surface area is 188 Å². The van der Waals surface area contributed by atoms with Gasteiger partial charge in [0.1, 0.15) is 21.2 Å². The molecule has 1 unspecified atom stereocenters. The molecule has 0 saturated carbocycles. The third-order valence-electron chi connectivity index (χ3n) is 5.32. The van der Waals surface area contributed by atoms with E-state index in [2.05, 4.69) is 15.7 Å². The molecule has 164 valence electrons. The first-order valence-electron chi connectivity index (χ1n) is 10.0. The number of aryl methyl sites for hydroxylation is 2. The number of rotatable bonds is 6. The Morgan fingerprint density at radius 3 is 2.53 bits per heavy atom. The monoisotopic (exact) mass is 452 g/mol. The first kappa shape index (κ1) is 21.6. The van der Waals surface area contributed by atoms with Crippen LogP contribution >= 0.6 is 11.3 Å². The van der Waals surface area contributed by atoms with Gasteiger partial charge in [-0.2, -0.15) is 5.01 Å². The summed E-state index contributed by atoms with van der Waals surface area (Å²) in [5.41, 5.74) is 3.45. The lowest BCUT2D eigenvalue weighted by Gasteiger charge is -2.21. The average molecular weight is 453 g/mol. The lowest BCUT2D eigenvalue weighted by molar-refractivity contribution is -0.132. The van der Waals surface area contributed by atoms with Gasteiger partial charge in [-0.05, 0) is 56.5 Å². The van der Waals surface area contributed by atoms with Crippen molar-refractivity contribution in [2.45, 2.75) is 32.2 Å². The molecule has 2 N–H and O–H groups in total. The van der Waals surface area contributed by atoms with E-state index < -0.39 is 23.4 Å². The Balaban J connectivity index is 1.47. The molecule has 2 heterocycles. The number of hydrogen-bond donors (Lipinski definition) is 2. The second kappa shape index (κ2) is 8.51. The Kier molecular flexibility index (Phi) is 5.75. The Bertz CT molecular complexity index is 1180. The van der Waals surface area contributed by atoms with E-state index in [0.717, 1.165) is 21.9 Å². The minimum absolute atomic E-state index is 0.266. The summed E-state index contributed by atoms with van der Waals surface area (Å²) < 4.78 is 13.2. The predicted molar refractivity (Wildman–Crippen MR) is 118 cm³/mol. The number of amides is 4. The molecule has 4 amide bonds. The smallest absolute Gasteiger partial charge is 0.322 e. The number of nitrogens with zero attached hydrogens (tertiary/aromatic N) is 2. The standard InChI is InChI=1S/C23H21FN4O3S/c1-14-18(32-20(25-14)16-8-10-17(24)11-9-16)19(29)27-28-21(30)23(2,26-22(28)31)13-12-15-6-4-3-5-7-15/h3-11H,12-13H2,1-2H3,(H,26,31)(H,27,29). The zero-order valence-corrected chi connectivity index (χ0v) is 18.3. The molecule has 32 heavy (non-hydrogen) atoms. The molecule has 1 aliphatic rings. The van der Waals surface area contributed by atoms with E-state index in [9.17, 15) is 18.8 Å². The second-order valence-electron chi connectivity index (χ2n) is 7.77. The van der Waals surface area contributed by atoms with E-state index in [-0.39, 0.29) is 10.7 Å². The molecule has 0 radical (unpaired) electrons. The minimum atomic E-state index is -1.12. The highest BCUT2D eigenvalue weighted by molar-refractivity contribution is 7.17. The van der Waals surface area contributed by atoms with E-state index in [0.29, 0.717) is 29.1 Å². The van der Waals surface area contributed by atoms with Crippen molar-refractivity contribution in [2.75, 3.05) is 0 Å². The van der Waals surface area contributed by atoms with Gasteiger partial charge in [-0.25, -0.2) is 14.2 Å². The molecule has 4 rings (SSSR count). The molecule has 1 saturated heterocycles. The van der Waals surface area contributed by atoms with Crippen molar-refractivity contribution < 1.29 is 18.8 Å². The third kappa shape index (κ3) is 4.24. The number of aromatic nitrogens is 1. The number of hydrogen-bond acceptors (Lipinski definition) is 5. The van der Waals surface area contributed by atoms with E-state index in [4.69, 9.17) is 0 Å². The maximum Gasteiger partial charge on any atom is 0.344 e. The van der Waals surface area contributed by atoms with Crippen LogP contribution in [0, 0.1) is 12.7 Å². The fraction of sp³-hybridized carbons (Fsp3) is 0.217. The van der Waals surface area contributed by atoms with Gasteiger partial charge in [-0.3, -0.25) is 15.0 Å². The van der Waals surface area contributed by atoms with Crippen LogP contribution in [-0.4, -0.2) is 33.4 Å². The van der Waals surface area contributed by atoms with Crippen molar-refractivity contribution in [3.8, 4) is 10.6 Å². The second-order valence-corrected chi connectivity index (χ2v) is 8.77. The van der Waals surface area contributed by atoms with Crippen molar-refractivity contribution in [3.63, 3.8) is 0 Å². The quantitative estimate of drug-likeness (QED) is 0.556. The first-order valence-corrected chi connectivity index (χ1v) is 10.8. The van der Waals surface area contributed by atoms with Crippen LogP contribution in [0.2, 0.25) is 0 Å². The van der Waals surface area contributed by atoms with E-state index in [1.165, 1.54) is 12.1 Å². The molecule has 2 aromatic carbocycles. The van der Waals surface area contributed by atoms with Gasteiger partial charge in [0.2, 0.25) is 0 Å². The number of imide groups is 1. The van der Waals surface area contributed by atoms with Crippen LogP contribution in [0.25, 0.3) is 10.6 Å². The molecule has 1 aliphatic heterocycles. The Morgan fingerprint density at radius 2 is 1.84 bits per heavy atom. The van der Waals surface area contributed by atoms with Crippen molar-refractivity contribution in [1.29, 1.82) is 0 Å². The summed E-state index contributed by atoms with van der Waals surface area (Å²) in [6.07, 6.45) is 0.988. The van der Waals surface area contributed by atoms with Crippen LogP contribution in [0.15, 0.2) is 54.6 Å². The first-order chi connectivity index (χ1) is 15.3. The van der Waals surface area contributed by atoms with Gasteiger partial charge in [0.25, 0.3) is 11.8 Å². The van der Waals surface area contributed by atoms with Crippen molar-refractivity contribution >= 4 is 29.2 Å². The average Bonchev–Trinajstić information content (AvgIpc) is 3.27. The van der Waals surface area contributed by atoms with Crippen LogP contribution in [0.1, 0.15) is 34.3 Å². The fourth-order valence-corrected chi connectivity index (χ4v) is 4.43. The number of hydrazine groups is 1. The summed E-state index contributed by atoms with van der Waals surface area (Å²) in [6, 6.07) is 14.7. The fourth-order valence-electron chi connectivity index (χ4n) is 3.47. The summed E-state index contributed by atoms with van der Waals surface area (Å²) in [7, 11) is 0. The van der Waals surface area contributed by atoms with Crippen LogP contribution in [0.5, 0.6) is 0 Å². The number of nitrogens with one attached hydrogen (secondary N) is 2. The van der Waals surface area contributed by atoms with Crippen molar-refractivity contribution in [1.82, 2.24) is 20.7 Å². The molecule has 0 aliphatic carbocycles. The predicted octanol–water partition coefficient (Wildman–Crippen LogP) is 3.85. The van der Waals surface area contributed by atoms with Crippen molar-refractivity contribution in [3.05, 3.63) is 76.5 Å². The summed E-state index contributed by atoms with van der Waals surface area (Å²) in [5, 5.41) is 3.95. The lowest BCUT2D eigenvalue weighted by Crippen LogP contribution is -2.48. The van der Waals surface area contributed by atoms with Gasteiger partial charge in [0.05, 0.1) is 5.69 Å². The molecule has 1 atom stereocenters. The van der Waals surface area contributed by atoms with Gasteiger partial charge in [-0.1, -0.05) is 30.3 Å². The molecule has 0 spiro atoms. The molecular formula is C23H21FN4O3S. The molecule has 9 heteroatoms. The van der Waals surface area contributed by atoms with Gasteiger partial charge < -0.3 is 5.32 Å². The topological polar surface area (TPSA) is 91.4 Å². The summed E-state index contributed by atoms with van der Waals surface area (Å²) in [4.78, 5) is 42.9. The SMILES string of the molecule is Cc1nc(-c2ccc(F)cc2)sc1C(=O)NN1C(=O)NC(C)(CCc2ccccc2)C1=O. The van der Waals surface area contributed by atoms with Crippen LogP contribution in [-0.2, 0) is 11.2 Å². The maximum atomic E-state index is 13.2. The molecule has 7 nitrogen and oxygen atoms in total. The van der Waals surface area contributed by atoms with Gasteiger partial charge in [-0.15, -0.1) is 11.3 Å².